The molecule has 0 radical (unpaired) electrons. The summed E-state index contributed by atoms with van der Waals surface area (Å²) in [6, 6.07) is 12.0. The molecule has 0 bridgehead atoms. The van der Waals surface area contributed by atoms with Gasteiger partial charge in [0.1, 0.15) is 5.04 Å². The Hall–Kier alpha value is -2.85. The lowest BCUT2D eigenvalue weighted by Gasteiger charge is -2.08. The lowest BCUT2D eigenvalue weighted by molar-refractivity contribution is -0.117. The zero-order valence-electron chi connectivity index (χ0n) is 14.6. The highest BCUT2D eigenvalue weighted by Crippen LogP contribution is 2.31. The van der Waals surface area contributed by atoms with E-state index in [0.717, 1.165) is 16.1 Å². The number of aromatic nitrogens is 2. The molecular weight excluding hydrogens is 398 g/mol. The first-order chi connectivity index (χ1) is 13.4. The summed E-state index contributed by atoms with van der Waals surface area (Å²) in [7, 11) is -3.80. The minimum absolute atomic E-state index is 0.0287. The van der Waals surface area contributed by atoms with Crippen molar-refractivity contribution in [3.63, 3.8) is 0 Å². The summed E-state index contributed by atoms with van der Waals surface area (Å²) in [6.45, 7) is 0.525. The number of nitrogens with two attached hydrogens (primary N) is 1. The standard InChI is InChI=1S/C18H17N5O3S2/c19-15(24)9-12-10-21-18(27-12)14-8-11-4-3-5-13(17(11)22-14)23-28(25,26)16-6-1-2-7-20-16/h1-8,12,22-23H,9-10H2,(H2,19,24). The number of para-hydroxylation sites is 1. The average Bonchev–Trinajstić information content (AvgIpc) is 3.29. The monoisotopic (exact) mass is 415 g/mol. The SMILES string of the molecule is NC(=O)CC1CN=C(c2cc3cccc(NS(=O)(=O)c4ccccn4)c3[nH]2)S1. The van der Waals surface area contributed by atoms with Gasteiger partial charge in [-0.1, -0.05) is 30.0 Å². The molecule has 1 amide bonds. The van der Waals surface area contributed by atoms with Crippen molar-refractivity contribution < 1.29 is 13.2 Å². The van der Waals surface area contributed by atoms with Crippen molar-refractivity contribution in [1.82, 2.24) is 9.97 Å². The number of benzene rings is 1. The topological polar surface area (TPSA) is 130 Å². The molecule has 0 spiro atoms. The molecule has 0 saturated heterocycles. The molecule has 4 rings (SSSR count). The fourth-order valence-electron chi connectivity index (χ4n) is 2.96. The summed E-state index contributed by atoms with van der Waals surface area (Å²) in [6.07, 6.45) is 1.70. The molecule has 0 fully saturated rings. The number of amides is 1. The molecule has 8 nitrogen and oxygen atoms in total. The molecule has 3 aromatic rings. The molecular formula is C18H17N5O3S2. The summed E-state index contributed by atoms with van der Waals surface area (Å²) >= 11 is 1.49. The van der Waals surface area contributed by atoms with Crippen molar-refractivity contribution in [3.8, 4) is 0 Å². The fraction of sp³-hybridized carbons (Fsp3) is 0.167. The molecule has 1 atom stereocenters. The Bertz CT molecular complexity index is 1170. The molecule has 1 aliphatic rings. The number of nitrogens with zero attached hydrogens (tertiary/aromatic N) is 2. The Morgan fingerprint density at radius 2 is 2.14 bits per heavy atom. The van der Waals surface area contributed by atoms with Crippen LogP contribution in [0.5, 0.6) is 0 Å². The molecule has 1 unspecified atom stereocenters. The van der Waals surface area contributed by atoms with Crippen molar-refractivity contribution in [3.05, 3.63) is 54.4 Å². The summed E-state index contributed by atoms with van der Waals surface area (Å²) in [5.41, 5.74) is 7.11. The van der Waals surface area contributed by atoms with Gasteiger partial charge in [-0.2, -0.15) is 8.42 Å². The molecule has 1 aromatic carbocycles. The Morgan fingerprint density at radius 3 is 2.89 bits per heavy atom. The maximum absolute atomic E-state index is 12.6. The van der Waals surface area contributed by atoms with Gasteiger partial charge in [-0.3, -0.25) is 14.5 Å². The van der Waals surface area contributed by atoms with E-state index in [0.29, 0.717) is 17.7 Å². The van der Waals surface area contributed by atoms with Gasteiger partial charge in [0.05, 0.1) is 23.4 Å². The second-order valence-electron chi connectivity index (χ2n) is 6.28. The third-order valence-electron chi connectivity index (χ3n) is 4.19. The molecule has 1 aliphatic heterocycles. The number of aromatic amines is 1. The molecule has 3 heterocycles. The lowest BCUT2D eigenvalue weighted by Crippen LogP contribution is -2.18. The highest BCUT2D eigenvalue weighted by molar-refractivity contribution is 8.15. The average molecular weight is 416 g/mol. The first-order valence-electron chi connectivity index (χ1n) is 8.48. The lowest BCUT2D eigenvalue weighted by atomic mass is 10.2. The van der Waals surface area contributed by atoms with Crippen LogP contribution in [0.15, 0.2) is 58.7 Å². The van der Waals surface area contributed by atoms with Crippen LogP contribution in [0.25, 0.3) is 10.9 Å². The summed E-state index contributed by atoms with van der Waals surface area (Å²) in [5.74, 6) is -0.350. The number of hydrogen-bond acceptors (Lipinski definition) is 6. The third kappa shape index (κ3) is 3.73. The smallest absolute Gasteiger partial charge is 0.279 e. The van der Waals surface area contributed by atoms with Crippen molar-refractivity contribution in [2.45, 2.75) is 16.7 Å². The van der Waals surface area contributed by atoms with Crippen LogP contribution >= 0.6 is 11.8 Å². The van der Waals surface area contributed by atoms with Crippen molar-refractivity contribution in [2.24, 2.45) is 10.7 Å². The summed E-state index contributed by atoms with van der Waals surface area (Å²) in [4.78, 5) is 22.7. The normalized spacial score (nSPS) is 16.9. The maximum Gasteiger partial charge on any atom is 0.279 e. The molecule has 144 valence electrons. The molecule has 4 N–H and O–H groups in total. The number of carbonyl (C=O) groups excluding carboxylic acids is 1. The van der Waals surface area contributed by atoms with Crippen molar-refractivity contribution >= 4 is 49.3 Å². The number of anilines is 1. The van der Waals surface area contributed by atoms with Crippen LogP contribution in [0.3, 0.4) is 0 Å². The predicted octanol–water partition coefficient (Wildman–Crippen LogP) is 2.10. The van der Waals surface area contributed by atoms with Gasteiger partial charge < -0.3 is 10.7 Å². The van der Waals surface area contributed by atoms with Gasteiger partial charge in [-0.15, -0.1) is 0 Å². The number of nitrogens with one attached hydrogen (secondary N) is 2. The van der Waals surface area contributed by atoms with E-state index in [-0.39, 0.29) is 22.6 Å². The van der Waals surface area contributed by atoms with Gasteiger partial charge >= 0.3 is 0 Å². The van der Waals surface area contributed by atoms with E-state index >= 15 is 0 Å². The van der Waals surface area contributed by atoms with E-state index in [9.17, 15) is 13.2 Å². The number of carbonyl (C=O) groups is 1. The second kappa shape index (κ2) is 7.28. The number of sulfonamides is 1. The van der Waals surface area contributed by atoms with Crippen LogP contribution in [-0.4, -0.2) is 41.1 Å². The van der Waals surface area contributed by atoms with Gasteiger partial charge in [-0.05, 0) is 24.3 Å². The molecule has 10 heteroatoms. The van der Waals surface area contributed by atoms with Gasteiger partial charge in [0.2, 0.25) is 5.91 Å². The number of rotatable bonds is 6. The number of hydrogen-bond donors (Lipinski definition) is 3. The molecule has 28 heavy (non-hydrogen) atoms. The summed E-state index contributed by atoms with van der Waals surface area (Å²) < 4.78 is 27.8. The Labute approximate surface area is 165 Å². The van der Waals surface area contributed by atoms with Gasteiger partial charge in [0, 0.05) is 23.3 Å². The number of H-pyrrole nitrogens is 1. The van der Waals surface area contributed by atoms with Crippen LogP contribution in [0.2, 0.25) is 0 Å². The highest BCUT2D eigenvalue weighted by Gasteiger charge is 2.24. The van der Waals surface area contributed by atoms with Gasteiger partial charge in [-0.25, -0.2) is 4.98 Å². The summed E-state index contributed by atoms with van der Waals surface area (Å²) in [5, 5.41) is 1.60. The zero-order chi connectivity index (χ0) is 19.7. The number of fused-ring (bicyclic) bond motifs is 1. The largest absolute Gasteiger partial charge is 0.370 e. The molecule has 0 aliphatic carbocycles. The van der Waals surface area contributed by atoms with Gasteiger partial charge in [0.15, 0.2) is 5.03 Å². The molecule has 2 aromatic heterocycles. The second-order valence-corrected chi connectivity index (χ2v) is 9.20. The van der Waals surface area contributed by atoms with E-state index in [1.165, 1.54) is 24.0 Å². The van der Waals surface area contributed by atoms with Crippen LogP contribution in [0.4, 0.5) is 5.69 Å². The van der Waals surface area contributed by atoms with Crippen LogP contribution < -0.4 is 10.5 Å². The van der Waals surface area contributed by atoms with Crippen LogP contribution in [0.1, 0.15) is 12.1 Å². The fourth-order valence-corrected chi connectivity index (χ4v) is 5.08. The van der Waals surface area contributed by atoms with Gasteiger partial charge in [0.25, 0.3) is 10.0 Å². The first-order valence-corrected chi connectivity index (χ1v) is 10.8. The van der Waals surface area contributed by atoms with E-state index in [4.69, 9.17) is 5.73 Å². The Morgan fingerprint density at radius 1 is 1.29 bits per heavy atom. The van der Waals surface area contributed by atoms with E-state index < -0.39 is 10.0 Å². The minimum atomic E-state index is -3.80. The third-order valence-corrected chi connectivity index (χ3v) is 6.69. The predicted molar refractivity (Wildman–Crippen MR) is 110 cm³/mol. The van der Waals surface area contributed by atoms with Crippen LogP contribution in [-0.2, 0) is 14.8 Å². The highest BCUT2D eigenvalue weighted by atomic mass is 32.2. The minimum Gasteiger partial charge on any atom is -0.370 e. The molecule has 0 saturated carbocycles. The van der Waals surface area contributed by atoms with Crippen molar-refractivity contribution in [1.29, 1.82) is 0 Å². The van der Waals surface area contributed by atoms with E-state index in [1.807, 2.05) is 12.1 Å². The Kier molecular flexibility index (Phi) is 4.82. The zero-order valence-corrected chi connectivity index (χ0v) is 16.3. The van der Waals surface area contributed by atoms with Crippen molar-refractivity contribution in [2.75, 3.05) is 11.3 Å². The van der Waals surface area contributed by atoms with E-state index in [2.05, 4.69) is 19.7 Å². The van der Waals surface area contributed by atoms with E-state index in [1.54, 1.807) is 24.3 Å². The number of primary amides is 1. The Balaban J connectivity index is 1.63. The number of thioether (sulfide) groups is 1. The first kappa shape index (κ1) is 18.5. The maximum atomic E-state index is 12.6. The quantitative estimate of drug-likeness (QED) is 0.567. The van der Waals surface area contributed by atoms with Crippen LogP contribution in [0, 0.1) is 0 Å². The number of pyridine rings is 1. The number of aliphatic imine (C=N–C) groups is 1.